The molecule has 5 heteroatoms. The fourth-order valence-corrected chi connectivity index (χ4v) is 3.62. The molecule has 0 atom stereocenters. The first kappa shape index (κ1) is 12.7. The van der Waals surface area contributed by atoms with Crippen LogP contribution < -0.4 is 10.2 Å². The lowest BCUT2D eigenvalue weighted by atomic mass is 9.85. The first-order valence-electron chi connectivity index (χ1n) is 7.46. The number of imidazole rings is 1. The number of fused-ring (bicyclic) bond motifs is 1. The SMILES string of the molecule is Brc1nc(C2CCC2)n2ccc(N3CCNCC3)cc12. The Morgan fingerprint density at radius 3 is 2.75 bits per heavy atom. The largest absolute Gasteiger partial charge is 0.369 e. The van der Waals surface area contributed by atoms with Gasteiger partial charge in [-0.2, -0.15) is 0 Å². The molecular formula is C15H19BrN4. The second kappa shape index (κ2) is 5.04. The third-order valence-corrected chi connectivity index (χ3v) is 5.15. The standard InChI is InChI=1S/C15H19BrN4/c16-14-13-10-12(19-8-5-17-6-9-19)4-7-20(13)15(18-14)11-2-1-3-11/h4,7,10-11,17H,1-3,5-6,8-9H2. The van der Waals surface area contributed by atoms with Crippen LogP contribution in [0.2, 0.25) is 0 Å². The average molecular weight is 335 g/mol. The molecule has 1 aliphatic carbocycles. The number of nitrogens with zero attached hydrogens (tertiary/aromatic N) is 3. The third-order valence-electron chi connectivity index (χ3n) is 4.56. The Balaban J connectivity index is 1.73. The van der Waals surface area contributed by atoms with Crippen molar-refractivity contribution in [3.8, 4) is 0 Å². The van der Waals surface area contributed by atoms with Gasteiger partial charge < -0.3 is 14.6 Å². The van der Waals surface area contributed by atoms with E-state index in [4.69, 9.17) is 4.98 Å². The molecule has 2 aliphatic rings. The maximum absolute atomic E-state index is 4.75. The smallest absolute Gasteiger partial charge is 0.132 e. The lowest BCUT2D eigenvalue weighted by molar-refractivity contribution is 0.400. The molecule has 4 nitrogen and oxygen atoms in total. The number of pyridine rings is 1. The van der Waals surface area contributed by atoms with Crippen LogP contribution in [0, 0.1) is 0 Å². The zero-order chi connectivity index (χ0) is 13.5. The van der Waals surface area contributed by atoms with Crippen LogP contribution in [0.1, 0.15) is 31.0 Å². The van der Waals surface area contributed by atoms with Crippen LogP contribution in [0.5, 0.6) is 0 Å². The summed E-state index contributed by atoms with van der Waals surface area (Å²) in [7, 11) is 0. The molecule has 0 unspecified atom stereocenters. The van der Waals surface area contributed by atoms with Gasteiger partial charge in [0.25, 0.3) is 0 Å². The predicted octanol–water partition coefficient (Wildman–Crippen LogP) is 2.77. The van der Waals surface area contributed by atoms with Crippen molar-refractivity contribution in [2.75, 3.05) is 31.1 Å². The van der Waals surface area contributed by atoms with Gasteiger partial charge in [-0.05, 0) is 40.9 Å². The molecule has 2 aromatic rings. The number of hydrogen-bond donors (Lipinski definition) is 1. The fraction of sp³-hybridized carbons (Fsp3) is 0.533. The quantitative estimate of drug-likeness (QED) is 0.916. The van der Waals surface area contributed by atoms with E-state index in [-0.39, 0.29) is 0 Å². The number of rotatable bonds is 2. The molecule has 3 heterocycles. The van der Waals surface area contributed by atoms with E-state index in [9.17, 15) is 0 Å². The summed E-state index contributed by atoms with van der Waals surface area (Å²) in [6.45, 7) is 4.30. The van der Waals surface area contributed by atoms with E-state index in [1.54, 1.807) is 0 Å². The van der Waals surface area contributed by atoms with Crippen LogP contribution in [0.15, 0.2) is 22.9 Å². The van der Waals surface area contributed by atoms with Gasteiger partial charge in [0.1, 0.15) is 10.4 Å². The molecule has 1 saturated carbocycles. The number of piperazine rings is 1. The van der Waals surface area contributed by atoms with E-state index < -0.39 is 0 Å². The summed E-state index contributed by atoms with van der Waals surface area (Å²) in [6.07, 6.45) is 6.10. The van der Waals surface area contributed by atoms with E-state index in [0.717, 1.165) is 30.8 Å². The average Bonchev–Trinajstić information content (AvgIpc) is 2.75. The molecule has 4 rings (SSSR count). The Hall–Kier alpha value is -1.07. The second-order valence-corrected chi connectivity index (χ2v) is 6.52. The summed E-state index contributed by atoms with van der Waals surface area (Å²) in [5, 5.41) is 3.40. The van der Waals surface area contributed by atoms with E-state index in [1.807, 2.05) is 0 Å². The van der Waals surface area contributed by atoms with Gasteiger partial charge in [-0.15, -0.1) is 0 Å². The lowest BCUT2D eigenvalue weighted by Crippen LogP contribution is -2.43. The highest BCUT2D eigenvalue weighted by atomic mass is 79.9. The minimum Gasteiger partial charge on any atom is -0.369 e. The molecule has 0 bridgehead atoms. The van der Waals surface area contributed by atoms with Gasteiger partial charge >= 0.3 is 0 Å². The highest BCUT2D eigenvalue weighted by Crippen LogP contribution is 2.37. The second-order valence-electron chi connectivity index (χ2n) is 5.77. The number of anilines is 1. The Labute approximate surface area is 127 Å². The minimum atomic E-state index is 0.652. The van der Waals surface area contributed by atoms with Crippen LogP contribution in [-0.2, 0) is 0 Å². The van der Waals surface area contributed by atoms with Crippen LogP contribution in [0.25, 0.3) is 5.52 Å². The van der Waals surface area contributed by atoms with Crippen molar-refractivity contribution in [2.45, 2.75) is 25.2 Å². The molecule has 2 aromatic heterocycles. The van der Waals surface area contributed by atoms with Gasteiger partial charge in [-0.3, -0.25) is 0 Å². The molecule has 0 aromatic carbocycles. The third kappa shape index (κ3) is 2.04. The first-order valence-corrected chi connectivity index (χ1v) is 8.25. The van der Waals surface area contributed by atoms with Gasteiger partial charge in [-0.1, -0.05) is 6.42 Å². The molecule has 0 spiro atoms. The van der Waals surface area contributed by atoms with Gasteiger partial charge in [0.15, 0.2) is 0 Å². The van der Waals surface area contributed by atoms with Crippen molar-refractivity contribution in [3.63, 3.8) is 0 Å². The van der Waals surface area contributed by atoms with Crippen molar-refractivity contribution in [1.82, 2.24) is 14.7 Å². The summed E-state index contributed by atoms with van der Waals surface area (Å²) < 4.78 is 3.25. The van der Waals surface area contributed by atoms with Crippen molar-refractivity contribution in [1.29, 1.82) is 0 Å². The topological polar surface area (TPSA) is 32.6 Å². The monoisotopic (exact) mass is 334 g/mol. The molecule has 1 N–H and O–H groups in total. The molecule has 0 amide bonds. The molecule has 1 saturated heterocycles. The predicted molar refractivity (Wildman–Crippen MR) is 84.6 cm³/mol. The Morgan fingerprint density at radius 2 is 2.05 bits per heavy atom. The lowest BCUT2D eigenvalue weighted by Gasteiger charge is -2.29. The Kier molecular flexibility index (Phi) is 3.19. The number of hydrogen-bond acceptors (Lipinski definition) is 3. The zero-order valence-electron chi connectivity index (χ0n) is 11.5. The van der Waals surface area contributed by atoms with Crippen molar-refractivity contribution >= 4 is 27.1 Å². The zero-order valence-corrected chi connectivity index (χ0v) is 13.1. The van der Waals surface area contributed by atoms with Gasteiger partial charge in [0.05, 0.1) is 5.52 Å². The minimum absolute atomic E-state index is 0.652. The van der Waals surface area contributed by atoms with Crippen molar-refractivity contribution in [3.05, 3.63) is 28.8 Å². The number of aromatic nitrogens is 2. The van der Waals surface area contributed by atoms with Gasteiger partial charge in [0, 0.05) is 44.0 Å². The summed E-state index contributed by atoms with van der Waals surface area (Å²) >= 11 is 3.63. The van der Waals surface area contributed by atoms with Crippen LogP contribution in [0.3, 0.4) is 0 Å². The van der Waals surface area contributed by atoms with Crippen LogP contribution >= 0.6 is 15.9 Å². The van der Waals surface area contributed by atoms with Gasteiger partial charge in [-0.25, -0.2) is 4.98 Å². The van der Waals surface area contributed by atoms with E-state index in [1.165, 1.54) is 36.3 Å². The Morgan fingerprint density at radius 1 is 1.25 bits per heavy atom. The first-order chi connectivity index (χ1) is 9.83. The summed E-state index contributed by atoms with van der Waals surface area (Å²) in [6, 6.07) is 4.50. The highest BCUT2D eigenvalue weighted by molar-refractivity contribution is 9.10. The maximum Gasteiger partial charge on any atom is 0.132 e. The summed E-state index contributed by atoms with van der Waals surface area (Å²) in [5.74, 6) is 1.88. The summed E-state index contributed by atoms with van der Waals surface area (Å²) in [4.78, 5) is 7.19. The Bertz CT molecular complexity index is 626. The molecule has 0 radical (unpaired) electrons. The van der Waals surface area contributed by atoms with Crippen molar-refractivity contribution < 1.29 is 0 Å². The molecule has 106 valence electrons. The highest BCUT2D eigenvalue weighted by Gasteiger charge is 2.25. The van der Waals surface area contributed by atoms with Crippen LogP contribution in [-0.4, -0.2) is 35.6 Å². The van der Waals surface area contributed by atoms with E-state index in [0.29, 0.717) is 5.92 Å². The molecular weight excluding hydrogens is 316 g/mol. The van der Waals surface area contributed by atoms with Crippen LogP contribution in [0.4, 0.5) is 5.69 Å². The molecule has 2 fully saturated rings. The molecule has 1 aliphatic heterocycles. The molecule has 20 heavy (non-hydrogen) atoms. The van der Waals surface area contributed by atoms with Crippen molar-refractivity contribution in [2.24, 2.45) is 0 Å². The van der Waals surface area contributed by atoms with E-state index in [2.05, 4.69) is 48.9 Å². The summed E-state index contributed by atoms with van der Waals surface area (Å²) in [5.41, 5.74) is 2.50. The normalized spacial score (nSPS) is 20.4. The fourth-order valence-electron chi connectivity index (χ4n) is 3.13. The van der Waals surface area contributed by atoms with Gasteiger partial charge in [0.2, 0.25) is 0 Å². The van der Waals surface area contributed by atoms with E-state index >= 15 is 0 Å². The number of nitrogens with one attached hydrogen (secondary N) is 1. The number of halogens is 1. The maximum atomic E-state index is 4.75.